The van der Waals surface area contributed by atoms with Gasteiger partial charge in [0.05, 0.1) is 0 Å². The summed E-state index contributed by atoms with van der Waals surface area (Å²) in [6.07, 6.45) is 3.78. The van der Waals surface area contributed by atoms with Gasteiger partial charge in [0.2, 0.25) is 0 Å². The van der Waals surface area contributed by atoms with Gasteiger partial charge < -0.3 is 5.32 Å². The molecule has 90 valence electrons. The van der Waals surface area contributed by atoms with Crippen molar-refractivity contribution in [3.63, 3.8) is 0 Å². The minimum Gasteiger partial charge on any atom is -0.312 e. The van der Waals surface area contributed by atoms with Gasteiger partial charge in [0.25, 0.3) is 0 Å². The molecule has 0 bridgehead atoms. The summed E-state index contributed by atoms with van der Waals surface area (Å²) in [7, 11) is 0. The SMILES string of the molecule is CCC(C)(C)N1CCC(C)NC(C)CC1. The fraction of sp³-hybridized carbons (Fsp3) is 1.00. The molecule has 1 heterocycles. The molecule has 2 atom stereocenters. The fourth-order valence-corrected chi connectivity index (χ4v) is 2.29. The summed E-state index contributed by atoms with van der Waals surface area (Å²) in [6.45, 7) is 14.1. The quantitative estimate of drug-likeness (QED) is 0.757. The number of hydrogen-bond donors (Lipinski definition) is 1. The first-order chi connectivity index (χ1) is 6.95. The van der Waals surface area contributed by atoms with Gasteiger partial charge in [0.1, 0.15) is 0 Å². The molecule has 2 heteroatoms. The molecule has 0 aromatic rings. The van der Waals surface area contributed by atoms with Crippen LogP contribution in [0.5, 0.6) is 0 Å². The van der Waals surface area contributed by atoms with E-state index in [4.69, 9.17) is 0 Å². The standard InChI is InChI=1S/C13H28N2/c1-6-13(4,5)15-9-7-11(2)14-12(3)8-10-15/h11-12,14H,6-10H2,1-5H3. The van der Waals surface area contributed by atoms with Crippen molar-refractivity contribution in [2.24, 2.45) is 0 Å². The predicted molar refractivity (Wildman–Crippen MR) is 67.2 cm³/mol. The van der Waals surface area contributed by atoms with Gasteiger partial charge >= 0.3 is 0 Å². The summed E-state index contributed by atoms with van der Waals surface area (Å²) in [5.74, 6) is 0. The van der Waals surface area contributed by atoms with Crippen molar-refractivity contribution in [2.75, 3.05) is 13.1 Å². The molecule has 0 amide bonds. The third-order valence-corrected chi connectivity index (χ3v) is 3.95. The van der Waals surface area contributed by atoms with Crippen molar-refractivity contribution < 1.29 is 0 Å². The second-order valence-corrected chi connectivity index (χ2v) is 5.70. The van der Waals surface area contributed by atoms with Crippen LogP contribution < -0.4 is 5.32 Å². The molecule has 1 rings (SSSR count). The zero-order chi connectivity index (χ0) is 11.5. The molecule has 1 saturated heterocycles. The van der Waals surface area contributed by atoms with Crippen molar-refractivity contribution in [1.82, 2.24) is 10.2 Å². The third-order valence-electron chi connectivity index (χ3n) is 3.95. The van der Waals surface area contributed by atoms with Gasteiger partial charge in [0, 0.05) is 30.7 Å². The lowest BCUT2D eigenvalue weighted by atomic mass is 9.96. The molecule has 2 unspecified atom stereocenters. The largest absolute Gasteiger partial charge is 0.312 e. The van der Waals surface area contributed by atoms with Crippen LogP contribution in [0.4, 0.5) is 0 Å². The van der Waals surface area contributed by atoms with Gasteiger partial charge in [-0.3, -0.25) is 4.90 Å². The average molecular weight is 212 g/mol. The number of nitrogens with one attached hydrogen (secondary N) is 1. The molecule has 0 aromatic heterocycles. The first-order valence-corrected chi connectivity index (χ1v) is 6.47. The van der Waals surface area contributed by atoms with Crippen LogP contribution in [0.15, 0.2) is 0 Å². The van der Waals surface area contributed by atoms with E-state index in [0.29, 0.717) is 17.6 Å². The minimum atomic E-state index is 0.372. The van der Waals surface area contributed by atoms with E-state index in [1.807, 2.05) is 0 Å². The second kappa shape index (κ2) is 5.31. The summed E-state index contributed by atoms with van der Waals surface area (Å²) in [4.78, 5) is 2.67. The Bertz CT molecular complexity index is 177. The molecule has 1 aliphatic rings. The van der Waals surface area contributed by atoms with Gasteiger partial charge in [-0.25, -0.2) is 0 Å². The Kier molecular flexibility index (Phi) is 4.60. The van der Waals surface area contributed by atoms with Crippen molar-refractivity contribution in [2.45, 2.75) is 71.5 Å². The van der Waals surface area contributed by atoms with Gasteiger partial charge in [0.15, 0.2) is 0 Å². The fourth-order valence-electron chi connectivity index (χ4n) is 2.29. The molecule has 1 fully saturated rings. The highest BCUT2D eigenvalue weighted by molar-refractivity contribution is 4.84. The monoisotopic (exact) mass is 212 g/mol. The van der Waals surface area contributed by atoms with Crippen LogP contribution in [0.25, 0.3) is 0 Å². The zero-order valence-corrected chi connectivity index (χ0v) is 11.1. The molecule has 0 aliphatic carbocycles. The van der Waals surface area contributed by atoms with E-state index in [2.05, 4.69) is 44.8 Å². The Balaban J connectivity index is 2.58. The highest BCUT2D eigenvalue weighted by atomic mass is 15.2. The number of nitrogens with zero attached hydrogens (tertiary/aromatic N) is 1. The van der Waals surface area contributed by atoms with E-state index >= 15 is 0 Å². The molecule has 15 heavy (non-hydrogen) atoms. The Morgan fingerprint density at radius 1 is 1.13 bits per heavy atom. The molecule has 1 N–H and O–H groups in total. The van der Waals surface area contributed by atoms with Crippen LogP contribution in [0.1, 0.15) is 53.9 Å². The van der Waals surface area contributed by atoms with Gasteiger partial charge in [-0.05, 0) is 47.0 Å². The maximum atomic E-state index is 3.65. The maximum Gasteiger partial charge on any atom is 0.0150 e. The van der Waals surface area contributed by atoms with Crippen LogP contribution in [0.3, 0.4) is 0 Å². The number of hydrogen-bond acceptors (Lipinski definition) is 2. The first kappa shape index (κ1) is 13.0. The second-order valence-electron chi connectivity index (χ2n) is 5.70. The lowest BCUT2D eigenvalue weighted by Crippen LogP contribution is -2.50. The Morgan fingerprint density at radius 2 is 1.60 bits per heavy atom. The van der Waals surface area contributed by atoms with Gasteiger partial charge in [-0.15, -0.1) is 0 Å². The van der Waals surface area contributed by atoms with Crippen LogP contribution in [-0.4, -0.2) is 35.6 Å². The first-order valence-electron chi connectivity index (χ1n) is 6.47. The van der Waals surface area contributed by atoms with Crippen LogP contribution >= 0.6 is 0 Å². The average Bonchev–Trinajstić information content (AvgIpc) is 2.14. The summed E-state index contributed by atoms with van der Waals surface area (Å²) in [6, 6.07) is 1.32. The van der Waals surface area contributed by atoms with Gasteiger partial charge in [-0.2, -0.15) is 0 Å². The molecule has 0 radical (unpaired) electrons. The lowest BCUT2D eigenvalue weighted by Gasteiger charge is -2.41. The zero-order valence-electron chi connectivity index (χ0n) is 11.1. The highest BCUT2D eigenvalue weighted by Crippen LogP contribution is 2.21. The molecular formula is C13H28N2. The maximum absolute atomic E-state index is 3.65. The molecule has 0 aromatic carbocycles. The van der Waals surface area contributed by atoms with Crippen molar-refractivity contribution in [3.8, 4) is 0 Å². The third kappa shape index (κ3) is 3.76. The summed E-state index contributed by atoms with van der Waals surface area (Å²) in [5, 5.41) is 3.65. The molecule has 0 saturated carbocycles. The molecular weight excluding hydrogens is 184 g/mol. The smallest absolute Gasteiger partial charge is 0.0150 e. The van der Waals surface area contributed by atoms with E-state index in [1.54, 1.807) is 0 Å². The van der Waals surface area contributed by atoms with E-state index in [1.165, 1.54) is 32.4 Å². The lowest BCUT2D eigenvalue weighted by molar-refractivity contribution is 0.0949. The van der Waals surface area contributed by atoms with Crippen LogP contribution in [0.2, 0.25) is 0 Å². The predicted octanol–water partition coefficient (Wildman–Crippen LogP) is 2.64. The topological polar surface area (TPSA) is 15.3 Å². The van der Waals surface area contributed by atoms with Crippen LogP contribution in [-0.2, 0) is 0 Å². The number of rotatable bonds is 2. The van der Waals surface area contributed by atoms with E-state index in [0.717, 1.165) is 0 Å². The highest BCUT2D eigenvalue weighted by Gasteiger charge is 2.26. The molecule has 0 spiro atoms. The minimum absolute atomic E-state index is 0.372. The summed E-state index contributed by atoms with van der Waals surface area (Å²) >= 11 is 0. The van der Waals surface area contributed by atoms with E-state index in [-0.39, 0.29) is 0 Å². The normalized spacial score (nSPS) is 31.0. The molecule has 2 nitrogen and oxygen atoms in total. The van der Waals surface area contributed by atoms with E-state index < -0.39 is 0 Å². The Labute approximate surface area is 95.4 Å². The van der Waals surface area contributed by atoms with Gasteiger partial charge in [-0.1, -0.05) is 6.92 Å². The summed E-state index contributed by atoms with van der Waals surface area (Å²) < 4.78 is 0. The van der Waals surface area contributed by atoms with Crippen molar-refractivity contribution in [1.29, 1.82) is 0 Å². The van der Waals surface area contributed by atoms with Crippen molar-refractivity contribution >= 4 is 0 Å². The Morgan fingerprint density at radius 3 is 2.00 bits per heavy atom. The van der Waals surface area contributed by atoms with Crippen molar-refractivity contribution in [3.05, 3.63) is 0 Å². The van der Waals surface area contributed by atoms with E-state index in [9.17, 15) is 0 Å². The summed E-state index contributed by atoms with van der Waals surface area (Å²) in [5.41, 5.74) is 0.372. The van der Waals surface area contributed by atoms with Crippen LogP contribution in [0, 0.1) is 0 Å². The Hall–Kier alpha value is -0.0800. The molecule has 1 aliphatic heterocycles.